The molecule has 0 aliphatic carbocycles. The van der Waals surface area contributed by atoms with E-state index in [9.17, 15) is 8.76 Å². The largest absolute Gasteiger partial charge is 1.00 e. The van der Waals surface area contributed by atoms with Crippen molar-refractivity contribution in [1.29, 1.82) is 0 Å². The number of aromatic nitrogens is 1. The molecule has 0 amide bonds. The van der Waals surface area contributed by atoms with Crippen LogP contribution >= 0.6 is 0 Å². The van der Waals surface area contributed by atoms with Gasteiger partial charge in [0.15, 0.2) is 0 Å². The molecule has 5 nitrogen and oxygen atoms in total. The summed E-state index contributed by atoms with van der Waals surface area (Å²) in [4.78, 5) is 3.81. The molecule has 14 heavy (non-hydrogen) atoms. The van der Waals surface area contributed by atoms with Gasteiger partial charge in [-0.3, -0.25) is 4.21 Å². The molecule has 0 aliphatic rings. The average molecular weight is 209 g/mol. The normalized spacial score (nSPS) is 11.4. The monoisotopic (exact) mass is 209 g/mol. The van der Waals surface area contributed by atoms with Gasteiger partial charge in [-0.05, 0) is 17.1 Å². The molecule has 0 aliphatic heterocycles. The molecule has 1 rings (SSSR count). The van der Waals surface area contributed by atoms with Gasteiger partial charge >= 0.3 is 18.9 Å². The number of methoxy groups -OCH3 is 2. The van der Waals surface area contributed by atoms with E-state index in [0.717, 1.165) is 0 Å². The first-order chi connectivity index (χ1) is 6.19. The van der Waals surface area contributed by atoms with Crippen LogP contribution in [0.4, 0.5) is 0 Å². The van der Waals surface area contributed by atoms with Crippen LogP contribution < -0.4 is 28.3 Å². The molecular formula is C7H8LiNO4S. The van der Waals surface area contributed by atoms with Crippen molar-refractivity contribution in [3.05, 3.63) is 12.1 Å². The fourth-order valence-electron chi connectivity index (χ4n) is 0.797. The Morgan fingerprint density at radius 3 is 2.43 bits per heavy atom. The number of rotatable bonds is 3. The molecule has 0 fully saturated rings. The fourth-order valence-corrected chi connectivity index (χ4v) is 1.25. The number of hydrogen-bond donors (Lipinski definition) is 0. The van der Waals surface area contributed by atoms with Crippen molar-refractivity contribution in [2.24, 2.45) is 0 Å². The molecule has 0 spiro atoms. The second kappa shape index (κ2) is 6.04. The van der Waals surface area contributed by atoms with Crippen molar-refractivity contribution in [3.63, 3.8) is 0 Å². The van der Waals surface area contributed by atoms with Gasteiger partial charge in [0.25, 0.3) is 0 Å². The number of ether oxygens (including phenoxy) is 2. The predicted octanol–water partition coefficient (Wildman–Crippen LogP) is -2.66. The maximum absolute atomic E-state index is 10.6. The van der Waals surface area contributed by atoms with Gasteiger partial charge in [0.2, 0.25) is 11.8 Å². The van der Waals surface area contributed by atoms with Crippen LogP contribution in [0.15, 0.2) is 17.0 Å². The minimum absolute atomic E-state index is 0. The van der Waals surface area contributed by atoms with E-state index in [1.807, 2.05) is 0 Å². The van der Waals surface area contributed by atoms with Crippen molar-refractivity contribution in [1.82, 2.24) is 4.98 Å². The quantitative estimate of drug-likeness (QED) is 0.401. The fraction of sp³-hybridized carbons (Fsp3) is 0.286. The standard InChI is InChI=1S/C7H9NO4S.Li/c1-11-6-4-3-5(13(9)10)7(8-6)12-2;/h3-4H,1-2H3,(H,9,10);/q;+1/p-1. The van der Waals surface area contributed by atoms with E-state index in [1.54, 1.807) is 0 Å². The Morgan fingerprint density at radius 1 is 1.36 bits per heavy atom. The molecule has 7 heteroatoms. The molecular weight excluding hydrogens is 201 g/mol. The summed E-state index contributed by atoms with van der Waals surface area (Å²) in [6.07, 6.45) is 0. The zero-order valence-corrected chi connectivity index (χ0v) is 8.96. The zero-order valence-electron chi connectivity index (χ0n) is 8.14. The first-order valence-corrected chi connectivity index (χ1v) is 4.45. The molecule has 1 heterocycles. The summed E-state index contributed by atoms with van der Waals surface area (Å²) in [6.45, 7) is 0. The third-order valence-electron chi connectivity index (χ3n) is 1.38. The van der Waals surface area contributed by atoms with Crippen LogP contribution in [0.1, 0.15) is 0 Å². The summed E-state index contributed by atoms with van der Waals surface area (Å²) in [6, 6.07) is 2.82. The van der Waals surface area contributed by atoms with Crippen molar-refractivity contribution in [2.45, 2.75) is 4.90 Å². The van der Waals surface area contributed by atoms with E-state index in [2.05, 4.69) is 4.98 Å². The van der Waals surface area contributed by atoms with Gasteiger partial charge in [-0.2, -0.15) is 4.98 Å². The summed E-state index contributed by atoms with van der Waals surface area (Å²) >= 11 is -2.34. The van der Waals surface area contributed by atoms with Crippen molar-refractivity contribution in [3.8, 4) is 11.8 Å². The van der Waals surface area contributed by atoms with Gasteiger partial charge in [0.05, 0.1) is 19.1 Å². The van der Waals surface area contributed by atoms with Crippen LogP contribution in [0.3, 0.4) is 0 Å². The first kappa shape index (κ1) is 13.5. The van der Waals surface area contributed by atoms with E-state index in [1.165, 1.54) is 26.4 Å². The maximum atomic E-state index is 10.6. The summed E-state index contributed by atoms with van der Waals surface area (Å²) in [5, 5.41) is 0. The molecule has 0 aromatic carbocycles. The minimum atomic E-state index is -2.34. The van der Waals surface area contributed by atoms with E-state index >= 15 is 0 Å². The third kappa shape index (κ3) is 2.99. The van der Waals surface area contributed by atoms with Crippen LogP contribution in [0, 0.1) is 0 Å². The summed E-state index contributed by atoms with van der Waals surface area (Å²) in [7, 11) is 2.79. The van der Waals surface area contributed by atoms with Crippen LogP contribution in [0.25, 0.3) is 0 Å². The van der Waals surface area contributed by atoms with Crippen molar-refractivity contribution < 1.29 is 37.1 Å². The molecule has 1 aromatic heterocycles. The van der Waals surface area contributed by atoms with E-state index < -0.39 is 11.1 Å². The Hall–Kier alpha value is -0.543. The summed E-state index contributed by atoms with van der Waals surface area (Å²) in [5.74, 6) is 0.346. The van der Waals surface area contributed by atoms with Crippen molar-refractivity contribution >= 4 is 11.1 Å². The molecule has 72 valence electrons. The summed E-state index contributed by atoms with van der Waals surface area (Å²) in [5.41, 5.74) is 0. The van der Waals surface area contributed by atoms with E-state index in [4.69, 9.17) is 9.47 Å². The molecule has 1 atom stereocenters. The second-order valence-electron chi connectivity index (χ2n) is 2.10. The van der Waals surface area contributed by atoms with Crippen LogP contribution in [0.5, 0.6) is 11.8 Å². The molecule has 1 aromatic rings. The van der Waals surface area contributed by atoms with Gasteiger partial charge in [-0.15, -0.1) is 0 Å². The topological polar surface area (TPSA) is 71.5 Å². The van der Waals surface area contributed by atoms with Gasteiger partial charge in [-0.25, -0.2) is 0 Å². The van der Waals surface area contributed by atoms with Crippen LogP contribution in [0.2, 0.25) is 0 Å². The number of nitrogens with zero attached hydrogens (tertiary/aromatic N) is 1. The van der Waals surface area contributed by atoms with Gasteiger partial charge < -0.3 is 14.0 Å². The predicted molar refractivity (Wildman–Crippen MR) is 44.5 cm³/mol. The Morgan fingerprint density at radius 2 is 2.00 bits per heavy atom. The molecule has 0 saturated carbocycles. The second-order valence-corrected chi connectivity index (χ2v) is 3.00. The SMILES string of the molecule is COc1ccc(S(=O)[O-])c(OC)n1.[Li+]. The third-order valence-corrected chi connectivity index (χ3v) is 2.05. The number of pyridine rings is 1. The molecule has 1 unspecified atom stereocenters. The molecule has 0 N–H and O–H groups in total. The van der Waals surface area contributed by atoms with Crippen LogP contribution in [-0.2, 0) is 11.1 Å². The van der Waals surface area contributed by atoms with E-state index in [-0.39, 0.29) is 29.6 Å². The Kier molecular flexibility index (Phi) is 5.80. The zero-order chi connectivity index (χ0) is 9.84. The number of hydrogen-bond acceptors (Lipinski definition) is 5. The van der Waals surface area contributed by atoms with Gasteiger partial charge in [0, 0.05) is 6.07 Å². The minimum Gasteiger partial charge on any atom is -0.768 e. The molecule has 0 bridgehead atoms. The Balaban J connectivity index is 0.00000169. The smallest absolute Gasteiger partial charge is 0.768 e. The Labute approximate surface area is 96.3 Å². The Bertz CT molecular complexity index is 333. The van der Waals surface area contributed by atoms with Gasteiger partial charge in [0.1, 0.15) is 0 Å². The average Bonchev–Trinajstić information content (AvgIpc) is 2.16. The first-order valence-electron chi connectivity index (χ1n) is 3.37. The summed E-state index contributed by atoms with van der Waals surface area (Å²) < 4.78 is 30.8. The molecule has 0 saturated heterocycles. The molecule has 0 radical (unpaired) electrons. The van der Waals surface area contributed by atoms with Crippen LogP contribution in [-0.4, -0.2) is 28.0 Å². The van der Waals surface area contributed by atoms with Crippen molar-refractivity contribution in [2.75, 3.05) is 14.2 Å². The van der Waals surface area contributed by atoms with E-state index in [0.29, 0.717) is 5.88 Å². The maximum Gasteiger partial charge on any atom is 1.00 e. The van der Waals surface area contributed by atoms with Gasteiger partial charge in [-0.1, -0.05) is 0 Å².